The van der Waals surface area contributed by atoms with E-state index >= 15 is 0 Å². The molecule has 3 heterocycles. The first kappa shape index (κ1) is 31.2. The molecule has 8 nitrogen and oxygen atoms in total. The van der Waals surface area contributed by atoms with E-state index in [1.807, 2.05) is 11.8 Å². The van der Waals surface area contributed by atoms with Gasteiger partial charge in [-0.3, -0.25) is 9.59 Å². The smallest absolute Gasteiger partial charge is 0.430 e. The Morgan fingerprint density at radius 3 is 2.20 bits per heavy atom. The highest BCUT2D eigenvalue weighted by Gasteiger charge is 2.62. The van der Waals surface area contributed by atoms with E-state index in [4.69, 9.17) is 16.3 Å². The molecular weight excluding hydrogens is 581 g/mol. The van der Waals surface area contributed by atoms with Crippen molar-refractivity contribution >= 4 is 41.0 Å². The summed E-state index contributed by atoms with van der Waals surface area (Å²) in [5, 5.41) is 11.5. The molecule has 2 aliphatic rings. The first-order chi connectivity index (χ1) is 19.3. The summed E-state index contributed by atoms with van der Waals surface area (Å²) in [6, 6.07) is 8.39. The van der Waals surface area contributed by atoms with Crippen LogP contribution >= 0.6 is 23.4 Å². The Bertz CT molecular complexity index is 1250. The number of halogens is 4. The fourth-order valence-corrected chi connectivity index (χ4v) is 6.92. The number of amides is 2. The molecule has 2 aliphatic heterocycles. The fourth-order valence-electron chi connectivity index (χ4n) is 5.17. The van der Waals surface area contributed by atoms with E-state index in [2.05, 4.69) is 9.88 Å². The van der Waals surface area contributed by atoms with Gasteiger partial charge in [0.2, 0.25) is 0 Å². The van der Waals surface area contributed by atoms with Gasteiger partial charge in [-0.1, -0.05) is 23.7 Å². The number of aromatic nitrogens is 1. The third-order valence-corrected chi connectivity index (χ3v) is 9.56. The molecule has 0 radical (unpaired) electrons. The standard InChI is InChI=1S/C28H34ClF3N4O4S/c1-34(2)25(37)22-7-8-23(33-24(22)29)35-13-9-20(10-14-35)41-21-11-15-36(16-12-21)26(38)27(39,28(30,31)32)18-5-4-6-19(17-18)40-3/h4-8,17,20-21,39H,9-16H2,1-3H3/t27-/m1/s1. The number of carbonyl (C=O) groups excluding carboxylic acids is 2. The van der Waals surface area contributed by atoms with Crippen LogP contribution in [0.3, 0.4) is 0 Å². The fraction of sp³-hybridized carbons (Fsp3) is 0.536. The number of piperidine rings is 2. The van der Waals surface area contributed by atoms with Gasteiger partial charge in [-0.25, -0.2) is 4.98 Å². The van der Waals surface area contributed by atoms with Crippen molar-refractivity contribution in [1.82, 2.24) is 14.8 Å². The molecular formula is C28H34ClF3N4O4S. The number of aliphatic hydroxyl groups is 1. The van der Waals surface area contributed by atoms with Gasteiger partial charge in [-0.15, -0.1) is 0 Å². The topological polar surface area (TPSA) is 86.2 Å². The maximum Gasteiger partial charge on any atom is 0.430 e. The molecule has 0 aliphatic carbocycles. The van der Waals surface area contributed by atoms with Crippen LogP contribution in [0, 0.1) is 0 Å². The van der Waals surface area contributed by atoms with Crippen LogP contribution in [0.1, 0.15) is 41.6 Å². The van der Waals surface area contributed by atoms with Crippen molar-refractivity contribution in [3.05, 3.63) is 52.7 Å². The molecule has 0 bridgehead atoms. The second-order valence-electron chi connectivity index (χ2n) is 10.5. The number of hydrogen-bond acceptors (Lipinski definition) is 7. The first-order valence-corrected chi connectivity index (χ1v) is 14.7. The molecule has 1 aromatic heterocycles. The average molecular weight is 615 g/mol. The summed E-state index contributed by atoms with van der Waals surface area (Å²) in [7, 11) is 4.61. The summed E-state index contributed by atoms with van der Waals surface area (Å²) < 4.78 is 47.3. The van der Waals surface area contributed by atoms with Crippen LogP contribution < -0.4 is 9.64 Å². The minimum absolute atomic E-state index is 0.120. The Hall–Kier alpha value is -2.70. The number of methoxy groups -OCH3 is 1. The second kappa shape index (κ2) is 12.7. The number of thioether (sulfide) groups is 1. The van der Waals surface area contributed by atoms with E-state index in [0.717, 1.165) is 43.0 Å². The highest BCUT2D eigenvalue weighted by atomic mass is 35.5. The van der Waals surface area contributed by atoms with E-state index < -0.39 is 23.2 Å². The number of nitrogens with zero attached hydrogens (tertiary/aromatic N) is 4. The van der Waals surface area contributed by atoms with Gasteiger partial charge in [-0.05, 0) is 49.9 Å². The van der Waals surface area contributed by atoms with Crippen LogP contribution in [-0.4, -0.2) is 95.8 Å². The van der Waals surface area contributed by atoms with Gasteiger partial charge in [0.05, 0.1) is 12.7 Å². The third-order valence-electron chi connectivity index (χ3n) is 7.56. The first-order valence-electron chi connectivity index (χ1n) is 13.4. The summed E-state index contributed by atoms with van der Waals surface area (Å²) >= 11 is 8.10. The summed E-state index contributed by atoms with van der Waals surface area (Å²) in [6.07, 6.45) is -2.32. The lowest BCUT2D eigenvalue weighted by atomic mass is 9.90. The predicted molar refractivity (Wildman–Crippen MR) is 153 cm³/mol. The van der Waals surface area contributed by atoms with Crippen LogP contribution in [0.2, 0.25) is 5.15 Å². The van der Waals surface area contributed by atoms with E-state index in [1.165, 1.54) is 24.1 Å². The molecule has 2 amide bonds. The van der Waals surface area contributed by atoms with Gasteiger partial charge >= 0.3 is 6.18 Å². The number of ether oxygens (including phenoxy) is 1. The van der Waals surface area contributed by atoms with Crippen molar-refractivity contribution in [2.24, 2.45) is 0 Å². The molecule has 1 N–H and O–H groups in total. The molecule has 4 rings (SSSR count). The molecule has 13 heteroatoms. The van der Waals surface area contributed by atoms with Gasteiger partial charge in [-0.2, -0.15) is 24.9 Å². The molecule has 2 fully saturated rings. The van der Waals surface area contributed by atoms with Crippen LogP contribution in [0.5, 0.6) is 5.75 Å². The largest absolute Gasteiger partial charge is 0.497 e. The van der Waals surface area contributed by atoms with Gasteiger partial charge in [0, 0.05) is 56.3 Å². The van der Waals surface area contributed by atoms with Gasteiger partial charge < -0.3 is 24.5 Å². The van der Waals surface area contributed by atoms with Gasteiger partial charge in [0.1, 0.15) is 16.7 Å². The van der Waals surface area contributed by atoms with Crippen molar-refractivity contribution in [2.45, 2.75) is 48.0 Å². The number of hydrogen-bond donors (Lipinski definition) is 1. The van der Waals surface area contributed by atoms with Crippen molar-refractivity contribution in [1.29, 1.82) is 0 Å². The molecule has 0 saturated carbocycles. The lowest BCUT2D eigenvalue weighted by Crippen LogP contribution is -2.57. The van der Waals surface area contributed by atoms with E-state index in [0.29, 0.717) is 29.5 Å². The van der Waals surface area contributed by atoms with Crippen LogP contribution in [0.4, 0.5) is 19.0 Å². The van der Waals surface area contributed by atoms with E-state index in [9.17, 15) is 27.9 Å². The summed E-state index contributed by atoms with van der Waals surface area (Å²) in [5.41, 5.74) is -3.86. The summed E-state index contributed by atoms with van der Waals surface area (Å²) in [6.45, 7) is 1.80. The average Bonchev–Trinajstić information content (AvgIpc) is 2.96. The zero-order valence-electron chi connectivity index (χ0n) is 23.2. The maximum absolute atomic E-state index is 14.1. The number of rotatable bonds is 7. The van der Waals surface area contributed by atoms with E-state index in [1.54, 1.807) is 26.2 Å². The Balaban J connectivity index is 1.31. The highest BCUT2D eigenvalue weighted by Crippen LogP contribution is 2.42. The van der Waals surface area contributed by atoms with Gasteiger partial charge in [0.15, 0.2) is 0 Å². The SMILES string of the molecule is COc1cccc([C@@](O)(C(=O)N2CCC(SC3CCN(c4ccc(C(=O)N(C)C)c(Cl)n4)CC3)CC2)C(F)(F)F)c1. The van der Waals surface area contributed by atoms with Crippen molar-refractivity contribution < 1.29 is 32.6 Å². The monoisotopic (exact) mass is 614 g/mol. The molecule has 0 spiro atoms. The molecule has 224 valence electrons. The Labute approximate surface area is 246 Å². The lowest BCUT2D eigenvalue weighted by Gasteiger charge is -2.40. The van der Waals surface area contributed by atoms with Crippen LogP contribution in [0.15, 0.2) is 36.4 Å². The number of benzene rings is 1. The number of anilines is 1. The summed E-state index contributed by atoms with van der Waals surface area (Å²) in [5.74, 6) is -0.733. The van der Waals surface area contributed by atoms with Crippen molar-refractivity contribution in [2.75, 3.05) is 52.3 Å². The number of carbonyl (C=O) groups is 2. The third kappa shape index (κ3) is 6.70. The normalized spacial score (nSPS) is 18.6. The molecule has 1 aromatic carbocycles. The summed E-state index contributed by atoms with van der Waals surface area (Å²) in [4.78, 5) is 34.5. The van der Waals surface area contributed by atoms with E-state index in [-0.39, 0.29) is 35.1 Å². The maximum atomic E-state index is 14.1. The zero-order valence-corrected chi connectivity index (χ0v) is 24.7. The van der Waals surface area contributed by atoms with Crippen LogP contribution in [-0.2, 0) is 10.4 Å². The number of likely N-dealkylation sites (tertiary alicyclic amines) is 1. The quantitative estimate of drug-likeness (QED) is 0.457. The zero-order chi connectivity index (χ0) is 29.9. The van der Waals surface area contributed by atoms with Crippen molar-refractivity contribution in [3.63, 3.8) is 0 Å². The predicted octanol–water partition coefficient (Wildman–Crippen LogP) is 4.59. The van der Waals surface area contributed by atoms with Crippen LogP contribution in [0.25, 0.3) is 0 Å². The Morgan fingerprint density at radius 1 is 1.05 bits per heavy atom. The highest BCUT2D eigenvalue weighted by molar-refractivity contribution is 8.00. The molecule has 0 unspecified atom stereocenters. The number of pyridine rings is 1. The molecule has 1 atom stereocenters. The minimum atomic E-state index is -5.20. The minimum Gasteiger partial charge on any atom is -0.497 e. The molecule has 41 heavy (non-hydrogen) atoms. The Morgan fingerprint density at radius 2 is 1.66 bits per heavy atom. The Kier molecular flexibility index (Phi) is 9.65. The number of alkyl halides is 3. The van der Waals surface area contributed by atoms with Gasteiger partial charge in [0.25, 0.3) is 17.4 Å². The van der Waals surface area contributed by atoms with Crippen molar-refractivity contribution in [3.8, 4) is 5.75 Å². The molecule has 2 saturated heterocycles. The second-order valence-corrected chi connectivity index (χ2v) is 12.4. The molecule has 2 aromatic rings. The lowest BCUT2D eigenvalue weighted by molar-refractivity contribution is -0.262.